The van der Waals surface area contributed by atoms with Crippen molar-refractivity contribution in [2.75, 3.05) is 13.1 Å². The maximum Gasteiger partial charge on any atom is 0.209 e. The summed E-state index contributed by atoms with van der Waals surface area (Å²) in [7, 11) is -2.20. The monoisotopic (exact) mass is 482 g/mol. The van der Waals surface area contributed by atoms with Crippen molar-refractivity contribution < 1.29 is 23.9 Å². The first-order chi connectivity index (χ1) is 15.1. The smallest absolute Gasteiger partial charge is 0.209 e. The van der Waals surface area contributed by atoms with E-state index in [9.17, 15) is 29.8 Å². The van der Waals surface area contributed by atoms with Crippen molar-refractivity contribution in [3.8, 4) is 0 Å². The van der Waals surface area contributed by atoms with Crippen molar-refractivity contribution in [3.05, 3.63) is 32.4 Å². The fraction of sp³-hybridized carbons (Fsp3) is 0.826. The molecule has 0 spiro atoms. The maximum absolute atomic E-state index is 12.8. The minimum Gasteiger partial charge on any atom is -0.413 e. The van der Waals surface area contributed by atoms with Crippen LogP contribution in [0.2, 0.25) is 18.1 Å². The molecule has 33 heavy (non-hydrogen) atoms. The number of carbonyl (C=O) groups is 2. The van der Waals surface area contributed by atoms with Gasteiger partial charge in [0.15, 0.2) is 8.32 Å². The molecule has 0 aromatic rings. The highest BCUT2D eigenvalue weighted by molar-refractivity contribution is 6.74. The van der Waals surface area contributed by atoms with E-state index >= 15 is 0 Å². The third-order valence-electron chi connectivity index (χ3n) is 7.91. The molecule has 2 aliphatic carbocycles. The van der Waals surface area contributed by atoms with E-state index in [0.717, 1.165) is 0 Å². The van der Waals surface area contributed by atoms with E-state index in [2.05, 4.69) is 33.9 Å². The van der Waals surface area contributed by atoms with Crippen LogP contribution in [-0.4, -0.2) is 48.9 Å². The molecular formula is C23H38N2O7Si. The highest BCUT2D eigenvalue weighted by atomic mass is 28.4. The van der Waals surface area contributed by atoms with Crippen LogP contribution in [0.5, 0.6) is 0 Å². The van der Waals surface area contributed by atoms with Crippen LogP contribution in [0.25, 0.3) is 0 Å². The summed E-state index contributed by atoms with van der Waals surface area (Å²) in [5.41, 5.74) is 0. The van der Waals surface area contributed by atoms with Gasteiger partial charge in [-0.3, -0.25) is 29.8 Å². The third kappa shape index (κ3) is 6.78. The largest absolute Gasteiger partial charge is 0.413 e. The quantitative estimate of drug-likeness (QED) is 0.196. The lowest BCUT2D eigenvalue weighted by atomic mass is 9.87. The van der Waals surface area contributed by atoms with Gasteiger partial charge < -0.3 is 4.43 Å². The lowest BCUT2D eigenvalue weighted by Gasteiger charge is -2.39. The van der Waals surface area contributed by atoms with Gasteiger partial charge in [-0.1, -0.05) is 39.8 Å². The third-order valence-corrected chi connectivity index (χ3v) is 12.4. The maximum atomic E-state index is 12.8. The average molecular weight is 483 g/mol. The van der Waals surface area contributed by atoms with Crippen LogP contribution in [0.1, 0.15) is 53.4 Å². The Balaban J connectivity index is 2.08. The molecule has 9 nitrogen and oxygen atoms in total. The lowest BCUT2D eigenvalue weighted by molar-refractivity contribution is -0.491. The molecule has 0 aromatic carbocycles. The Morgan fingerprint density at radius 2 is 1.39 bits per heavy atom. The first kappa shape index (κ1) is 27.3. The molecule has 0 heterocycles. The second-order valence-electron chi connectivity index (χ2n) is 11.2. The summed E-state index contributed by atoms with van der Waals surface area (Å²) < 4.78 is 6.42. The van der Waals surface area contributed by atoms with Gasteiger partial charge in [0.1, 0.15) is 11.6 Å². The molecule has 0 amide bonds. The Labute approximate surface area is 196 Å². The second kappa shape index (κ2) is 10.5. The van der Waals surface area contributed by atoms with Crippen LogP contribution < -0.4 is 0 Å². The van der Waals surface area contributed by atoms with E-state index in [-0.39, 0.29) is 63.7 Å². The predicted molar refractivity (Wildman–Crippen MR) is 127 cm³/mol. The first-order valence-corrected chi connectivity index (χ1v) is 14.7. The number of carbonyl (C=O) groups excluding carboxylic acids is 2. The van der Waals surface area contributed by atoms with E-state index in [1.807, 2.05) is 19.1 Å². The fourth-order valence-electron chi connectivity index (χ4n) is 4.93. The van der Waals surface area contributed by atoms with Crippen molar-refractivity contribution in [2.24, 2.45) is 29.6 Å². The summed E-state index contributed by atoms with van der Waals surface area (Å²) in [4.78, 5) is 46.7. The summed E-state index contributed by atoms with van der Waals surface area (Å²) in [6, 6.07) is 0. The highest BCUT2D eigenvalue weighted by Gasteiger charge is 2.49. The molecule has 0 N–H and O–H groups in total. The van der Waals surface area contributed by atoms with E-state index in [0.29, 0.717) is 19.3 Å². The molecule has 2 saturated carbocycles. The summed E-state index contributed by atoms with van der Waals surface area (Å²) >= 11 is 0. The van der Waals surface area contributed by atoms with Gasteiger partial charge in [-0.05, 0) is 36.9 Å². The number of Topliss-reactive ketones (excluding diaryl/α,β-unsaturated/α-hetero) is 2. The highest BCUT2D eigenvalue weighted by Crippen LogP contribution is 2.42. The van der Waals surface area contributed by atoms with E-state index in [4.69, 9.17) is 4.43 Å². The van der Waals surface area contributed by atoms with Crippen LogP contribution in [0.4, 0.5) is 0 Å². The van der Waals surface area contributed by atoms with Gasteiger partial charge in [-0.15, -0.1) is 0 Å². The molecule has 0 saturated heterocycles. The summed E-state index contributed by atoms with van der Waals surface area (Å²) in [5.74, 6) is -1.64. The molecule has 0 radical (unpaired) electrons. The Bertz CT molecular complexity index is 805. The van der Waals surface area contributed by atoms with Crippen LogP contribution >= 0.6 is 0 Å². The van der Waals surface area contributed by atoms with Gasteiger partial charge in [-0.25, -0.2) is 0 Å². The predicted octanol–water partition coefficient (Wildman–Crippen LogP) is 4.31. The van der Waals surface area contributed by atoms with Gasteiger partial charge in [0.05, 0.1) is 12.0 Å². The number of nitrogens with zero attached hydrogens (tertiary/aromatic N) is 2. The van der Waals surface area contributed by atoms with Gasteiger partial charge in [0, 0.05) is 40.4 Å². The van der Waals surface area contributed by atoms with Crippen molar-refractivity contribution in [3.63, 3.8) is 0 Å². The average Bonchev–Trinajstić information content (AvgIpc) is 3.06. The molecule has 186 valence electrons. The zero-order valence-electron chi connectivity index (χ0n) is 20.6. The van der Waals surface area contributed by atoms with Crippen LogP contribution in [0.15, 0.2) is 12.2 Å². The topological polar surface area (TPSA) is 130 Å². The van der Waals surface area contributed by atoms with Crippen LogP contribution in [0, 0.1) is 49.8 Å². The number of rotatable bonds is 10. The summed E-state index contributed by atoms with van der Waals surface area (Å²) in [6.45, 7) is 11.8. The zero-order valence-corrected chi connectivity index (χ0v) is 21.6. The van der Waals surface area contributed by atoms with E-state index in [1.54, 1.807) is 0 Å². The zero-order chi connectivity index (χ0) is 25.1. The number of hydrogen-bond acceptors (Lipinski definition) is 7. The molecule has 2 rings (SSSR count). The summed E-state index contributed by atoms with van der Waals surface area (Å²) in [6.07, 6.45) is 4.46. The number of allylic oxidation sites excluding steroid dienone is 2. The van der Waals surface area contributed by atoms with Gasteiger partial charge in [0.2, 0.25) is 13.1 Å². The van der Waals surface area contributed by atoms with Crippen molar-refractivity contribution in [1.82, 2.24) is 0 Å². The normalized spacial score (nSPS) is 31.0. The molecular weight excluding hydrogens is 444 g/mol. The first-order valence-electron chi connectivity index (χ1n) is 11.8. The Hall–Kier alpha value is -1.94. The molecule has 0 unspecified atom stereocenters. The fourth-order valence-corrected chi connectivity index (χ4v) is 6.30. The minimum absolute atomic E-state index is 0.0181. The van der Waals surface area contributed by atoms with Gasteiger partial charge >= 0.3 is 0 Å². The van der Waals surface area contributed by atoms with E-state index in [1.165, 1.54) is 0 Å². The SMILES string of the molecule is C[C@@H]1CC(=O)[C@H](C/C=C/C[C@H]2C(=O)C[C@@H](O[Si](C)(C)C(C)(C)C)[C@@H]2C[N+](=O)[O-])[C@H]1C[N+](=O)[O-]. The Morgan fingerprint density at radius 1 is 0.939 bits per heavy atom. The molecule has 0 aromatic heterocycles. The standard InChI is InChI=1S/C23H38N2O7Si/c1-15-11-20(26)16(18(15)13-24(28)29)9-7-8-10-17-19(14-25(30)31)22(12-21(17)27)32-33(5,6)23(2,3)4/h7-8,15-19,22H,9-14H2,1-6H3/b8-7+/t15-,16-,17-,18+,19-,22-/m1/s1. The second-order valence-corrected chi connectivity index (χ2v) is 16.0. The Kier molecular flexibility index (Phi) is 8.72. The number of hydrogen-bond donors (Lipinski definition) is 0. The van der Waals surface area contributed by atoms with Crippen LogP contribution in [0.3, 0.4) is 0 Å². The van der Waals surface area contributed by atoms with Gasteiger partial charge in [-0.2, -0.15) is 0 Å². The molecule has 0 aliphatic heterocycles. The summed E-state index contributed by atoms with van der Waals surface area (Å²) in [5, 5.41) is 22.3. The molecule has 0 bridgehead atoms. The molecule has 2 aliphatic rings. The van der Waals surface area contributed by atoms with Crippen molar-refractivity contribution >= 4 is 19.9 Å². The van der Waals surface area contributed by atoms with Gasteiger partial charge in [0.25, 0.3) is 0 Å². The molecule has 2 fully saturated rings. The van der Waals surface area contributed by atoms with Crippen molar-refractivity contribution in [1.29, 1.82) is 0 Å². The molecule has 10 heteroatoms. The van der Waals surface area contributed by atoms with E-state index < -0.39 is 26.3 Å². The van der Waals surface area contributed by atoms with Crippen molar-refractivity contribution in [2.45, 2.75) is 77.6 Å². The lowest BCUT2D eigenvalue weighted by Crippen LogP contribution is -2.46. The Morgan fingerprint density at radius 3 is 1.88 bits per heavy atom. The van der Waals surface area contributed by atoms with Crippen LogP contribution in [-0.2, 0) is 14.0 Å². The minimum atomic E-state index is -2.20. The number of ketones is 2. The molecule has 6 atom stereocenters. The number of nitro groups is 2.